The molecule has 2 aromatic heterocycles. The van der Waals surface area contributed by atoms with E-state index in [2.05, 4.69) is 32.6 Å². The summed E-state index contributed by atoms with van der Waals surface area (Å²) in [7, 11) is 0. The van der Waals surface area contributed by atoms with Gasteiger partial charge in [-0.1, -0.05) is 63.7 Å². The fraction of sp³-hybridized carbons (Fsp3) is 0.0455. The fourth-order valence-electron chi connectivity index (χ4n) is 3.57. The van der Waals surface area contributed by atoms with E-state index in [4.69, 9.17) is 0 Å². The molecule has 3 heterocycles. The second kappa shape index (κ2) is 7.36. The molecule has 31 heavy (non-hydrogen) atoms. The molecule has 0 spiro atoms. The van der Waals surface area contributed by atoms with Crippen LogP contribution >= 0.6 is 27.3 Å². The first-order valence-corrected chi connectivity index (χ1v) is 10.9. The minimum Gasteiger partial charge on any atom is -0.304 e. The van der Waals surface area contributed by atoms with Crippen LogP contribution in [0.3, 0.4) is 0 Å². The number of hydrogen-bond donors (Lipinski definition) is 0. The highest BCUT2D eigenvalue weighted by Crippen LogP contribution is 2.37. The Bertz CT molecular complexity index is 1560. The fourth-order valence-corrected chi connectivity index (χ4v) is 4.93. The molecule has 152 valence electrons. The molecule has 5 rings (SSSR count). The quantitative estimate of drug-likeness (QED) is 0.410. The van der Waals surface area contributed by atoms with Gasteiger partial charge < -0.3 is 4.90 Å². The highest BCUT2D eigenvalue weighted by molar-refractivity contribution is 9.10. The normalized spacial score (nSPS) is 14.9. The predicted molar refractivity (Wildman–Crippen MR) is 123 cm³/mol. The number of anilines is 1. The van der Waals surface area contributed by atoms with E-state index in [9.17, 15) is 14.4 Å². The van der Waals surface area contributed by atoms with Crippen LogP contribution in [0.5, 0.6) is 0 Å². The molecule has 1 aliphatic heterocycles. The van der Waals surface area contributed by atoms with E-state index in [1.807, 2.05) is 18.2 Å². The van der Waals surface area contributed by atoms with Crippen LogP contribution in [0, 0.1) is 0 Å². The maximum absolute atomic E-state index is 13.3. The SMILES string of the molecule is C=CCN1C(=O)/C(=c2\sc3nc(=O)c(-c4ccccc4)nn3c2=O)c2cc(Br)ccc21. The number of amides is 1. The topological polar surface area (TPSA) is 84.6 Å². The summed E-state index contributed by atoms with van der Waals surface area (Å²) in [6.45, 7) is 4.03. The second-order valence-electron chi connectivity index (χ2n) is 6.80. The van der Waals surface area contributed by atoms with Crippen LogP contribution in [0.25, 0.3) is 21.8 Å². The van der Waals surface area contributed by atoms with Crippen LogP contribution < -0.4 is 20.6 Å². The van der Waals surface area contributed by atoms with Crippen LogP contribution in [-0.4, -0.2) is 27.0 Å². The zero-order valence-corrected chi connectivity index (χ0v) is 18.3. The van der Waals surface area contributed by atoms with Crippen molar-refractivity contribution in [2.24, 2.45) is 0 Å². The molecule has 0 saturated heterocycles. The molecular formula is C22H13BrN4O3S. The van der Waals surface area contributed by atoms with Gasteiger partial charge in [0, 0.05) is 22.1 Å². The number of thiazole rings is 1. The smallest absolute Gasteiger partial charge is 0.300 e. The third-order valence-electron chi connectivity index (χ3n) is 4.92. The molecule has 4 aromatic rings. The maximum atomic E-state index is 13.3. The minimum absolute atomic E-state index is 0.0822. The number of fused-ring (bicyclic) bond motifs is 2. The van der Waals surface area contributed by atoms with E-state index in [0.717, 1.165) is 20.3 Å². The van der Waals surface area contributed by atoms with Crippen molar-refractivity contribution in [2.45, 2.75) is 0 Å². The third-order valence-corrected chi connectivity index (χ3v) is 6.45. The Labute approximate surface area is 187 Å². The number of benzene rings is 2. The summed E-state index contributed by atoms with van der Waals surface area (Å²) in [5.41, 5.74) is 1.24. The van der Waals surface area contributed by atoms with Gasteiger partial charge in [0.25, 0.3) is 11.5 Å². The Morgan fingerprint density at radius 3 is 2.61 bits per heavy atom. The van der Waals surface area contributed by atoms with Gasteiger partial charge in [0.1, 0.15) is 4.53 Å². The van der Waals surface area contributed by atoms with Crippen molar-refractivity contribution in [3.05, 3.63) is 96.5 Å². The molecule has 0 saturated carbocycles. The maximum Gasteiger partial charge on any atom is 0.300 e. The Morgan fingerprint density at radius 1 is 1.10 bits per heavy atom. The summed E-state index contributed by atoms with van der Waals surface area (Å²) in [5, 5.41) is 4.27. The van der Waals surface area contributed by atoms with Crippen molar-refractivity contribution >= 4 is 49.4 Å². The zero-order valence-electron chi connectivity index (χ0n) is 15.9. The summed E-state index contributed by atoms with van der Waals surface area (Å²) >= 11 is 4.42. The molecule has 0 atom stereocenters. The van der Waals surface area contributed by atoms with Gasteiger partial charge in [0.15, 0.2) is 5.69 Å². The Kier molecular flexibility index (Phi) is 4.64. The lowest BCUT2D eigenvalue weighted by molar-refractivity contribution is -0.112. The van der Waals surface area contributed by atoms with E-state index in [0.29, 0.717) is 23.4 Å². The van der Waals surface area contributed by atoms with Crippen molar-refractivity contribution in [1.82, 2.24) is 14.6 Å². The third kappa shape index (κ3) is 3.05. The Balaban J connectivity index is 1.83. The molecule has 1 aliphatic rings. The minimum atomic E-state index is -0.529. The van der Waals surface area contributed by atoms with Gasteiger partial charge >= 0.3 is 5.56 Å². The molecule has 1 amide bonds. The van der Waals surface area contributed by atoms with E-state index >= 15 is 0 Å². The molecule has 0 aliphatic carbocycles. The van der Waals surface area contributed by atoms with Gasteiger partial charge in [-0.3, -0.25) is 14.4 Å². The number of nitrogens with zero attached hydrogens (tertiary/aromatic N) is 4. The van der Waals surface area contributed by atoms with Crippen LogP contribution in [0.1, 0.15) is 5.56 Å². The average Bonchev–Trinajstić information content (AvgIpc) is 3.21. The molecule has 0 radical (unpaired) electrons. The number of hydrogen-bond acceptors (Lipinski definition) is 6. The van der Waals surface area contributed by atoms with E-state index < -0.39 is 11.1 Å². The second-order valence-corrected chi connectivity index (χ2v) is 8.70. The van der Waals surface area contributed by atoms with E-state index in [-0.39, 0.29) is 26.7 Å². The summed E-state index contributed by atoms with van der Waals surface area (Å²) in [6.07, 6.45) is 1.63. The first kappa shape index (κ1) is 19.5. The molecule has 7 nitrogen and oxygen atoms in total. The van der Waals surface area contributed by atoms with Crippen molar-refractivity contribution < 1.29 is 4.79 Å². The number of carbonyl (C=O) groups excluding carboxylic acids is 1. The van der Waals surface area contributed by atoms with Crippen molar-refractivity contribution in [1.29, 1.82) is 0 Å². The van der Waals surface area contributed by atoms with Crippen LogP contribution in [0.4, 0.5) is 5.69 Å². The van der Waals surface area contributed by atoms with Crippen LogP contribution in [0.15, 0.2) is 75.2 Å². The summed E-state index contributed by atoms with van der Waals surface area (Å²) < 4.78 is 2.07. The van der Waals surface area contributed by atoms with E-state index in [1.54, 1.807) is 41.3 Å². The number of carbonyl (C=O) groups is 1. The van der Waals surface area contributed by atoms with Crippen LogP contribution in [-0.2, 0) is 4.79 Å². The highest BCUT2D eigenvalue weighted by atomic mass is 79.9. The lowest BCUT2D eigenvalue weighted by Crippen LogP contribution is -2.33. The molecule has 0 fully saturated rings. The lowest BCUT2D eigenvalue weighted by Gasteiger charge is -2.14. The van der Waals surface area contributed by atoms with Crippen molar-refractivity contribution in [3.63, 3.8) is 0 Å². The van der Waals surface area contributed by atoms with Gasteiger partial charge in [0.05, 0.1) is 11.3 Å². The van der Waals surface area contributed by atoms with E-state index in [1.165, 1.54) is 0 Å². The van der Waals surface area contributed by atoms with Gasteiger partial charge in [-0.2, -0.15) is 14.6 Å². The number of aromatic nitrogens is 3. The van der Waals surface area contributed by atoms with Crippen molar-refractivity contribution in [2.75, 3.05) is 11.4 Å². The number of rotatable bonds is 3. The molecule has 2 aromatic carbocycles. The Morgan fingerprint density at radius 2 is 1.87 bits per heavy atom. The molecule has 0 N–H and O–H groups in total. The molecule has 0 unspecified atom stereocenters. The van der Waals surface area contributed by atoms with Gasteiger partial charge in [-0.25, -0.2) is 0 Å². The highest BCUT2D eigenvalue weighted by Gasteiger charge is 2.34. The monoisotopic (exact) mass is 492 g/mol. The summed E-state index contributed by atoms with van der Waals surface area (Å²) in [6, 6.07) is 14.3. The Hall–Kier alpha value is -3.43. The summed E-state index contributed by atoms with van der Waals surface area (Å²) in [4.78, 5) is 44.8. The largest absolute Gasteiger partial charge is 0.304 e. The zero-order chi connectivity index (χ0) is 21.7. The number of halogens is 1. The molecule has 9 heteroatoms. The molecular weight excluding hydrogens is 480 g/mol. The molecule has 0 bridgehead atoms. The van der Waals surface area contributed by atoms with Gasteiger partial charge in [-0.05, 0) is 18.2 Å². The lowest BCUT2D eigenvalue weighted by atomic mass is 10.1. The average molecular weight is 493 g/mol. The first-order chi connectivity index (χ1) is 15.0. The van der Waals surface area contributed by atoms with Gasteiger partial charge in [0.2, 0.25) is 4.96 Å². The summed E-state index contributed by atoms with van der Waals surface area (Å²) in [5.74, 6) is -0.303. The van der Waals surface area contributed by atoms with Crippen LogP contribution in [0.2, 0.25) is 0 Å². The predicted octanol–water partition coefficient (Wildman–Crippen LogP) is 2.39. The van der Waals surface area contributed by atoms with Crippen molar-refractivity contribution in [3.8, 4) is 11.3 Å². The van der Waals surface area contributed by atoms with Gasteiger partial charge in [-0.15, -0.1) is 6.58 Å². The first-order valence-electron chi connectivity index (χ1n) is 9.26. The standard InChI is InChI=1S/C22H13BrN4O3S/c1-2-10-26-15-9-8-13(23)11-14(15)16(20(26)29)18-21(30)27-22(31-18)24-19(28)17(25-27)12-6-4-3-5-7-12/h2-9,11H,1,10H2/b18-16-.